The van der Waals surface area contributed by atoms with Crippen molar-refractivity contribution in [2.75, 3.05) is 5.75 Å². The summed E-state index contributed by atoms with van der Waals surface area (Å²) in [6.45, 7) is 2.07. The molecule has 0 amide bonds. The number of hydrogen-bond acceptors (Lipinski definition) is 2. The number of thioether (sulfide) groups is 1. The molecule has 2 aromatic carbocycles. The Morgan fingerprint density at radius 2 is 1.88 bits per heavy atom. The number of hydrogen-bond donors (Lipinski definition) is 2. The lowest BCUT2D eigenvalue weighted by atomic mass is 10.1. The molecule has 0 atom stereocenters. The van der Waals surface area contributed by atoms with E-state index in [1.54, 1.807) is 11.8 Å². The minimum Gasteiger partial charge on any atom is -0.320 e. The summed E-state index contributed by atoms with van der Waals surface area (Å²) in [6, 6.07) is 12.2. The van der Waals surface area contributed by atoms with Gasteiger partial charge in [-0.25, -0.2) is 0 Å². The Morgan fingerprint density at radius 1 is 1.20 bits per heavy atom. The Labute approximate surface area is 158 Å². The molecule has 0 saturated carbocycles. The molecule has 2 N–H and O–H groups in total. The summed E-state index contributed by atoms with van der Waals surface area (Å²) in [5.74, 6) is 1.52. The van der Waals surface area contributed by atoms with Gasteiger partial charge < -0.3 is 9.79 Å². The molecule has 0 aromatic heterocycles. The summed E-state index contributed by atoms with van der Waals surface area (Å²) in [6.07, 6.45) is 0.923. The van der Waals surface area contributed by atoms with Gasteiger partial charge in [-0.1, -0.05) is 52.3 Å². The van der Waals surface area contributed by atoms with E-state index in [9.17, 15) is 13.3 Å². The first kappa shape index (κ1) is 20.6. The van der Waals surface area contributed by atoms with Crippen LogP contribution in [-0.4, -0.2) is 15.5 Å². The lowest BCUT2D eigenvalue weighted by Gasteiger charge is -2.19. The van der Waals surface area contributed by atoms with E-state index in [-0.39, 0.29) is 4.47 Å². The number of halogens is 3. The summed E-state index contributed by atoms with van der Waals surface area (Å²) in [5, 5.41) is 0. The molecule has 3 nitrogen and oxygen atoms in total. The van der Waals surface area contributed by atoms with Gasteiger partial charge in [-0.05, 0) is 41.9 Å². The van der Waals surface area contributed by atoms with Crippen LogP contribution in [0.25, 0.3) is 0 Å². The van der Waals surface area contributed by atoms with Crippen LogP contribution < -0.4 is 0 Å². The summed E-state index contributed by atoms with van der Waals surface area (Å²) in [5.41, 5.74) is -1.56. The van der Waals surface area contributed by atoms with Crippen LogP contribution in [0.2, 0.25) is 0 Å². The van der Waals surface area contributed by atoms with E-state index in [1.807, 2.05) is 12.1 Å². The predicted octanol–water partition coefficient (Wildman–Crippen LogP) is 5.46. The molecule has 0 fully saturated rings. The van der Waals surface area contributed by atoms with Crippen molar-refractivity contribution in [2.45, 2.75) is 24.8 Å². The highest BCUT2D eigenvalue weighted by Crippen LogP contribution is 2.60. The van der Waals surface area contributed by atoms with Crippen LogP contribution in [0.5, 0.6) is 0 Å². The zero-order valence-corrected chi connectivity index (χ0v) is 16.8. The van der Waals surface area contributed by atoms with E-state index in [1.165, 1.54) is 23.3 Å². The molecule has 0 aliphatic rings. The molecular weight excluding hydrogens is 433 g/mol. The highest BCUT2D eigenvalue weighted by Gasteiger charge is 2.51. The Hall–Kier alpha value is -0.720. The molecule has 2 aromatic rings. The van der Waals surface area contributed by atoms with Gasteiger partial charge in [0, 0.05) is 15.8 Å². The van der Waals surface area contributed by atoms with E-state index in [0.29, 0.717) is 5.75 Å². The lowest BCUT2D eigenvalue weighted by Crippen LogP contribution is -2.14. The van der Waals surface area contributed by atoms with Gasteiger partial charge in [-0.2, -0.15) is 20.5 Å². The van der Waals surface area contributed by atoms with Gasteiger partial charge in [0.25, 0.3) is 0 Å². The predicted molar refractivity (Wildman–Crippen MR) is 101 cm³/mol. The Balaban J connectivity index is 1.97. The van der Waals surface area contributed by atoms with Gasteiger partial charge in [0.15, 0.2) is 0 Å². The SMILES string of the molecule is Cc1ccccc1CCSCc1ccc(C(F)(F)P(=O)(O)O)c(Br)c1. The van der Waals surface area contributed by atoms with E-state index < -0.39 is 18.8 Å². The van der Waals surface area contributed by atoms with E-state index >= 15 is 0 Å². The third-order valence-corrected chi connectivity index (χ3v) is 6.43. The van der Waals surface area contributed by atoms with Crippen molar-refractivity contribution >= 4 is 35.3 Å². The Morgan fingerprint density at radius 3 is 2.48 bits per heavy atom. The number of alkyl halides is 2. The smallest absolute Gasteiger partial charge is 0.320 e. The minimum atomic E-state index is -5.57. The topological polar surface area (TPSA) is 57.5 Å². The molecular formula is C17H18BrF2O3PS. The first-order valence-corrected chi connectivity index (χ1v) is 11.0. The van der Waals surface area contributed by atoms with E-state index in [2.05, 4.69) is 35.0 Å². The molecule has 0 unspecified atom stereocenters. The first-order valence-electron chi connectivity index (χ1n) is 7.47. The fraction of sp³-hybridized carbons (Fsp3) is 0.294. The highest BCUT2D eigenvalue weighted by molar-refractivity contribution is 9.10. The maximum Gasteiger partial charge on any atom is 0.399 e. The summed E-state index contributed by atoms with van der Waals surface area (Å²) in [7, 11) is -5.57. The van der Waals surface area contributed by atoms with Gasteiger partial charge in [0.2, 0.25) is 0 Å². The molecule has 0 aliphatic heterocycles. The fourth-order valence-electron chi connectivity index (χ4n) is 2.31. The number of aryl methyl sites for hydroxylation is 2. The zero-order chi connectivity index (χ0) is 18.7. The van der Waals surface area contributed by atoms with Gasteiger partial charge >= 0.3 is 13.3 Å². The van der Waals surface area contributed by atoms with Crippen molar-refractivity contribution in [1.29, 1.82) is 0 Å². The van der Waals surface area contributed by atoms with Crippen molar-refractivity contribution in [3.63, 3.8) is 0 Å². The van der Waals surface area contributed by atoms with E-state index in [4.69, 9.17) is 9.79 Å². The van der Waals surface area contributed by atoms with Gasteiger partial charge in [-0.3, -0.25) is 4.57 Å². The third-order valence-electron chi connectivity index (χ3n) is 3.77. The van der Waals surface area contributed by atoms with Crippen LogP contribution in [0.4, 0.5) is 8.78 Å². The maximum absolute atomic E-state index is 13.8. The van der Waals surface area contributed by atoms with Crippen LogP contribution >= 0.6 is 35.3 Å². The maximum atomic E-state index is 13.8. The molecule has 136 valence electrons. The average molecular weight is 451 g/mol. The van der Waals surface area contributed by atoms with Crippen LogP contribution in [0.1, 0.15) is 22.3 Å². The van der Waals surface area contributed by atoms with Crippen molar-refractivity contribution < 1.29 is 23.1 Å². The number of benzene rings is 2. The second kappa shape index (κ2) is 8.31. The van der Waals surface area contributed by atoms with Crippen molar-refractivity contribution in [2.24, 2.45) is 0 Å². The molecule has 0 spiro atoms. The monoisotopic (exact) mass is 450 g/mol. The van der Waals surface area contributed by atoms with Crippen molar-refractivity contribution in [3.05, 3.63) is 69.2 Å². The molecule has 25 heavy (non-hydrogen) atoms. The van der Waals surface area contributed by atoms with Crippen LogP contribution in [-0.2, 0) is 22.4 Å². The third kappa shape index (κ3) is 5.14. The second-order valence-electron chi connectivity index (χ2n) is 5.63. The van der Waals surface area contributed by atoms with Crippen LogP contribution in [0.15, 0.2) is 46.9 Å². The molecule has 0 aliphatic carbocycles. The zero-order valence-electron chi connectivity index (χ0n) is 13.5. The normalized spacial score (nSPS) is 12.4. The highest BCUT2D eigenvalue weighted by atomic mass is 79.9. The summed E-state index contributed by atoms with van der Waals surface area (Å²) >= 11 is 4.67. The fourth-order valence-corrected chi connectivity index (χ4v) is 4.57. The summed E-state index contributed by atoms with van der Waals surface area (Å²) in [4.78, 5) is 17.7. The molecule has 2 rings (SSSR count). The standard InChI is InChI=1S/C17H18BrF2O3PS/c1-12-4-2-3-5-14(12)8-9-25-11-13-6-7-15(16(18)10-13)17(19,20)24(21,22)23/h2-7,10H,8-9,11H2,1H3,(H2,21,22,23). The van der Waals surface area contributed by atoms with Gasteiger partial charge in [-0.15, -0.1) is 0 Å². The largest absolute Gasteiger partial charge is 0.399 e. The quantitative estimate of drug-likeness (QED) is 0.434. The van der Waals surface area contributed by atoms with Crippen molar-refractivity contribution in [3.8, 4) is 0 Å². The summed E-state index contributed by atoms with van der Waals surface area (Å²) < 4.78 is 38.6. The van der Waals surface area contributed by atoms with Crippen molar-refractivity contribution in [1.82, 2.24) is 0 Å². The molecule has 0 heterocycles. The van der Waals surface area contributed by atoms with Gasteiger partial charge in [0.05, 0.1) is 0 Å². The lowest BCUT2D eigenvalue weighted by molar-refractivity contribution is 0.0557. The Bertz CT molecular complexity index is 795. The molecule has 8 heteroatoms. The minimum absolute atomic E-state index is 0.00201. The van der Waals surface area contributed by atoms with Crippen LogP contribution in [0, 0.1) is 6.92 Å². The van der Waals surface area contributed by atoms with Gasteiger partial charge in [0.1, 0.15) is 0 Å². The molecule has 0 radical (unpaired) electrons. The first-order chi connectivity index (χ1) is 11.6. The molecule has 0 bridgehead atoms. The molecule has 0 saturated heterocycles. The van der Waals surface area contributed by atoms with E-state index in [0.717, 1.165) is 23.8 Å². The number of rotatable bonds is 7. The second-order valence-corrected chi connectivity index (χ2v) is 9.24. The average Bonchev–Trinajstić information content (AvgIpc) is 2.52. The van der Waals surface area contributed by atoms with Crippen LogP contribution in [0.3, 0.4) is 0 Å². The Kier molecular flexibility index (Phi) is 6.85.